The summed E-state index contributed by atoms with van der Waals surface area (Å²) >= 11 is 5.37. The molecule has 1 N–H and O–H groups in total. The molecule has 0 saturated carbocycles. The minimum Gasteiger partial charge on any atom is -0.370 e. The van der Waals surface area contributed by atoms with Gasteiger partial charge in [-0.25, -0.2) is 4.98 Å². The van der Waals surface area contributed by atoms with Gasteiger partial charge in [-0.2, -0.15) is 11.8 Å². The van der Waals surface area contributed by atoms with Crippen LogP contribution in [0.4, 0.5) is 5.82 Å². The molecule has 0 bridgehead atoms. The molecule has 0 unspecified atom stereocenters. The Bertz CT molecular complexity index is 318. The Morgan fingerprint density at radius 2 is 2.12 bits per heavy atom. The van der Waals surface area contributed by atoms with Crippen LogP contribution in [0.15, 0.2) is 16.6 Å². The first-order valence-corrected chi connectivity index (χ1v) is 7.78. The number of rotatable bonds is 7. The second kappa shape index (κ2) is 7.96. The molecule has 0 aromatic carbocycles. The molecule has 90 valence electrons. The molecule has 16 heavy (non-hydrogen) atoms. The van der Waals surface area contributed by atoms with Crippen LogP contribution in [0.2, 0.25) is 0 Å². The summed E-state index contributed by atoms with van der Waals surface area (Å²) in [5.74, 6) is 2.25. The van der Waals surface area contributed by atoms with E-state index in [-0.39, 0.29) is 0 Å². The molecule has 0 radical (unpaired) electrons. The summed E-state index contributed by atoms with van der Waals surface area (Å²) in [5.41, 5.74) is 1.03. The Balaban J connectivity index is 2.19. The molecule has 0 spiro atoms. The average Bonchev–Trinajstić information content (AvgIpc) is 2.28. The lowest BCUT2D eigenvalue weighted by Crippen LogP contribution is -2.04. The SMILES string of the molecule is CSCCCCCNc1ccc(Br)c(C)n1. The van der Waals surface area contributed by atoms with E-state index >= 15 is 0 Å². The average molecular weight is 303 g/mol. The lowest BCUT2D eigenvalue weighted by Gasteiger charge is -2.06. The maximum absolute atomic E-state index is 4.44. The highest BCUT2D eigenvalue weighted by Gasteiger charge is 1.98. The van der Waals surface area contributed by atoms with Crippen molar-refractivity contribution in [3.63, 3.8) is 0 Å². The topological polar surface area (TPSA) is 24.9 Å². The third-order valence-electron chi connectivity index (χ3n) is 2.35. The number of halogens is 1. The molecule has 4 heteroatoms. The fourth-order valence-corrected chi connectivity index (χ4v) is 2.12. The van der Waals surface area contributed by atoms with Crippen molar-refractivity contribution in [1.82, 2.24) is 4.98 Å². The molecular weight excluding hydrogens is 284 g/mol. The zero-order valence-corrected chi connectivity index (χ0v) is 12.3. The van der Waals surface area contributed by atoms with E-state index in [1.54, 1.807) is 0 Å². The third-order valence-corrected chi connectivity index (χ3v) is 3.89. The second-order valence-corrected chi connectivity index (χ2v) is 5.58. The lowest BCUT2D eigenvalue weighted by atomic mass is 10.2. The van der Waals surface area contributed by atoms with Crippen molar-refractivity contribution in [3.8, 4) is 0 Å². The van der Waals surface area contributed by atoms with E-state index in [1.165, 1.54) is 25.0 Å². The highest BCUT2D eigenvalue weighted by Crippen LogP contribution is 2.16. The number of nitrogens with one attached hydrogen (secondary N) is 1. The Morgan fingerprint density at radius 1 is 1.31 bits per heavy atom. The molecule has 1 aromatic rings. The van der Waals surface area contributed by atoms with Crippen LogP contribution < -0.4 is 5.32 Å². The standard InChI is InChI=1S/C12H19BrN2S/c1-10-11(13)6-7-12(15-10)14-8-4-3-5-9-16-2/h6-7H,3-5,8-9H2,1-2H3,(H,14,15). The van der Waals surface area contributed by atoms with E-state index in [4.69, 9.17) is 0 Å². The van der Waals surface area contributed by atoms with E-state index in [2.05, 4.69) is 32.5 Å². The first-order chi connectivity index (χ1) is 7.74. The number of aromatic nitrogens is 1. The predicted octanol–water partition coefficient (Wildman–Crippen LogP) is 4.10. The number of pyridine rings is 1. The summed E-state index contributed by atoms with van der Waals surface area (Å²) in [6.07, 6.45) is 5.99. The normalized spacial score (nSPS) is 10.4. The van der Waals surface area contributed by atoms with Crippen molar-refractivity contribution >= 4 is 33.5 Å². The van der Waals surface area contributed by atoms with Crippen molar-refractivity contribution in [3.05, 3.63) is 22.3 Å². The summed E-state index contributed by atoms with van der Waals surface area (Å²) in [7, 11) is 0. The first kappa shape index (κ1) is 13.8. The molecule has 0 saturated heterocycles. The smallest absolute Gasteiger partial charge is 0.126 e. The molecule has 0 amide bonds. The van der Waals surface area contributed by atoms with Gasteiger partial charge in [-0.05, 0) is 59.8 Å². The van der Waals surface area contributed by atoms with Crippen molar-refractivity contribution in [2.45, 2.75) is 26.2 Å². The van der Waals surface area contributed by atoms with Gasteiger partial charge in [0.05, 0.1) is 5.69 Å². The zero-order valence-electron chi connectivity index (χ0n) is 9.92. The molecule has 0 aliphatic carbocycles. The minimum absolute atomic E-state index is 0.977. The van der Waals surface area contributed by atoms with Gasteiger partial charge in [0.15, 0.2) is 0 Å². The zero-order chi connectivity index (χ0) is 11.8. The third kappa shape index (κ3) is 5.21. The fraction of sp³-hybridized carbons (Fsp3) is 0.583. The van der Waals surface area contributed by atoms with Crippen molar-refractivity contribution in [1.29, 1.82) is 0 Å². The number of hydrogen-bond acceptors (Lipinski definition) is 3. The van der Waals surface area contributed by atoms with Gasteiger partial charge in [-0.3, -0.25) is 0 Å². The van der Waals surface area contributed by atoms with Gasteiger partial charge in [0.25, 0.3) is 0 Å². The molecule has 1 heterocycles. The highest BCUT2D eigenvalue weighted by molar-refractivity contribution is 9.10. The van der Waals surface area contributed by atoms with Gasteiger partial charge in [0.2, 0.25) is 0 Å². The monoisotopic (exact) mass is 302 g/mol. The van der Waals surface area contributed by atoms with Gasteiger partial charge >= 0.3 is 0 Å². The maximum atomic E-state index is 4.44. The van der Waals surface area contributed by atoms with Crippen LogP contribution in [0.1, 0.15) is 25.0 Å². The molecule has 2 nitrogen and oxygen atoms in total. The number of unbranched alkanes of at least 4 members (excludes halogenated alkanes) is 2. The Morgan fingerprint density at radius 3 is 2.81 bits per heavy atom. The summed E-state index contributed by atoms with van der Waals surface area (Å²) in [6.45, 7) is 3.02. The Labute approximate surface area is 111 Å². The predicted molar refractivity (Wildman–Crippen MR) is 77.4 cm³/mol. The van der Waals surface area contributed by atoms with Crippen LogP contribution in [0, 0.1) is 6.92 Å². The Hall–Kier alpha value is -0.220. The highest BCUT2D eigenvalue weighted by atomic mass is 79.9. The minimum atomic E-state index is 0.977. The second-order valence-electron chi connectivity index (χ2n) is 3.74. The first-order valence-electron chi connectivity index (χ1n) is 5.60. The number of nitrogens with zero attached hydrogens (tertiary/aromatic N) is 1. The molecule has 1 aromatic heterocycles. The van der Waals surface area contributed by atoms with Crippen LogP contribution in [0.3, 0.4) is 0 Å². The van der Waals surface area contributed by atoms with E-state index < -0.39 is 0 Å². The lowest BCUT2D eigenvalue weighted by molar-refractivity contribution is 0.748. The van der Waals surface area contributed by atoms with Crippen LogP contribution in [-0.4, -0.2) is 23.5 Å². The molecule has 0 fully saturated rings. The Kier molecular flexibility index (Phi) is 6.88. The molecule has 0 aliphatic rings. The maximum Gasteiger partial charge on any atom is 0.126 e. The van der Waals surface area contributed by atoms with Gasteiger partial charge in [-0.1, -0.05) is 6.42 Å². The van der Waals surface area contributed by atoms with Gasteiger partial charge in [0.1, 0.15) is 5.82 Å². The number of hydrogen-bond donors (Lipinski definition) is 1. The molecule has 1 rings (SSSR count). The van der Waals surface area contributed by atoms with E-state index in [1.807, 2.05) is 30.8 Å². The molecular formula is C12H19BrN2S. The van der Waals surface area contributed by atoms with Crippen LogP contribution in [-0.2, 0) is 0 Å². The van der Waals surface area contributed by atoms with Gasteiger partial charge < -0.3 is 5.32 Å². The van der Waals surface area contributed by atoms with Crippen molar-refractivity contribution in [2.24, 2.45) is 0 Å². The summed E-state index contributed by atoms with van der Waals surface area (Å²) in [5, 5.41) is 3.35. The number of aryl methyl sites for hydroxylation is 1. The molecule has 0 atom stereocenters. The summed E-state index contributed by atoms with van der Waals surface area (Å²) in [6, 6.07) is 4.05. The quantitative estimate of drug-likeness (QED) is 0.768. The fourth-order valence-electron chi connectivity index (χ4n) is 1.41. The van der Waals surface area contributed by atoms with Gasteiger partial charge in [0, 0.05) is 11.0 Å². The summed E-state index contributed by atoms with van der Waals surface area (Å²) in [4.78, 5) is 4.44. The van der Waals surface area contributed by atoms with Gasteiger partial charge in [-0.15, -0.1) is 0 Å². The van der Waals surface area contributed by atoms with Crippen LogP contribution in [0.5, 0.6) is 0 Å². The van der Waals surface area contributed by atoms with E-state index in [0.717, 1.165) is 22.5 Å². The molecule has 0 aliphatic heterocycles. The number of thioether (sulfide) groups is 1. The van der Waals surface area contributed by atoms with Crippen LogP contribution in [0.25, 0.3) is 0 Å². The van der Waals surface area contributed by atoms with E-state index in [0.29, 0.717) is 0 Å². The largest absolute Gasteiger partial charge is 0.370 e. The van der Waals surface area contributed by atoms with Crippen molar-refractivity contribution in [2.75, 3.05) is 23.9 Å². The van der Waals surface area contributed by atoms with Crippen molar-refractivity contribution < 1.29 is 0 Å². The summed E-state index contributed by atoms with van der Waals surface area (Å²) < 4.78 is 1.07. The van der Waals surface area contributed by atoms with Crippen LogP contribution >= 0.6 is 27.7 Å². The van der Waals surface area contributed by atoms with E-state index in [9.17, 15) is 0 Å². The number of anilines is 1.